The minimum atomic E-state index is 0.156. The van der Waals surface area contributed by atoms with Crippen LogP contribution in [0.25, 0.3) is 0 Å². The Balaban J connectivity index is 1.74. The van der Waals surface area contributed by atoms with Crippen LogP contribution in [0.3, 0.4) is 0 Å². The van der Waals surface area contributed by atoms with Crippen LogP contribution in [-0.4, -0.2) is 68.1 Å². The molecule has 18 heavy (non-hydrogen) atoms. The molecule has 0 saturated carbocycles. The number of likely N-dealkylation sites (tertiary alicyclic amines) is 1. The van der Waals surface area contributed by atoms with Gasteiger partial charge < -0.3 is 9.64 Å². The Morgan fingerprint density at radius 3 is 2.61 bits per heavy atom. The number of likely N-dealkylation sites (N-methyl/N-ethyl adjacent to an activating group) is 1. The highest BCUT2D eigenvalue weighted by atomic mass is 16.5. The van der Waals surface area contributed by atoms with Crippen molar-refractivity contribution in [1.82, 2.24) is 9.80 Å². The molecule has 2 rings (SSSR count). The largest absolute Gasteiger partial charge is 0.381 e. The molecule has 2 aliphatic rings. The lowest BCUT2D eigenvalue weighted by Gasteiger charge is -2.36. The maximum atomic E-state index is 12.1. The zero-order valence-corrected chi connectivity index (χ0v) is 11.7. The number of piperidine rings is 1. The van der Waals surface area contributed by atoms with Crippen LogP contribution in [0.5, 0.6) is 0 Å². The molecule has 0 aliphatic carbocycles. The van der Waals surface area contributed by atoms with Gasteiger partial charge in [0.05, 0.1) is 13.2 Å². The number of Topliss-reactive ketones (excluding diaryl/α,β-unsaturated/α-hetero) is 1. The summed E-state index contributed by atoms with van der Waals surface area (Å²) >= 11 is 0. The lowest BCUT2D eigenvalue weighted by molar-refractivity contribution is -0.124. The molecular weight excluding hydrogens is 228 g/mol. The first kappa shape index (κ1) is 14.0. The maximum Gasteiger partial charge on any atom is 0.152 e. The fourth-order valence-electron chi connectivity index (χ4n) is 2.97. The lowest BCUT2D eigenvalue weighted by atomic mass is 10.00. The molecule has 0 N–H and O–H groups in total. The molecule has 0 amide bonds. The first-order valence-corrected chi connectivity index (χ1v) is 7.23. The average molecular weight is 254 g/mol. The molecule has 2 saturated heterocycles. The minimum Gasteiger partial charge on any atom is -0.381 e. The van der Waals surface area contributed by atoms with Crippen molar-refractivity contribution in [2.75, 3.05) is 46.4 Å². The topological polar surface area (TPSA) is 32.8 Å². The molecule has 1 atom stereocenters. The van der Waals surface area contributed by atoms with Crippen LogP contribution >= 0.6 is 0 Å². The van der Waals surface area contributed by atoms with Crippen LogP contribution in [0.4, 0.5) is 0 Å². The Hall–Kier alpha value is -0.450. The number of carbonyl (C=O) groups excluding carboxylic acids is 1. The summed E-state index contributed by atoms with van der Waals surface area (Å²) in [6.45, 7) is 7.71. The highest BCUT2D eigenvalue weighted by molar-refractivity contribution is 5.83. The maximum absolute atomic E-state index is 12.1. The van der Waals surface area contributed by atoms with Crippen molar-refractivity contribution in [1.29, 1.82) is 0 Å². The zero-order valence-electron chi connectivity index (χ0n) is 11.7. The second-order valence-electron chi connectivity index (χ2n) is 5.61. The summed E-state index contributed by atoms with van der Waals surface area (Å²) < 4.78 is 5.29. The molecule has 2 fully saturated rings. The fraction of sp³-hybridized carbons (Fsp3) is 0.929. The van der Waals surface area contributed by atoms with Gasteiger partial charge in [-0.3, -0.25) is 9.69 Å². The Labute approximate surface area is 110 Å². The summed E-state index contributed by atoms with van der Waals surface area (Å²) in [5.74, 6) is 0.524. The molecule has 0 aromatic rings. The normalized spacial score (nSPS) is 26.9. The van der Waals surface area contributed by atoms with E-state index in [0.717, 1.165) is 19.6 Å². The predicted octanol–water partition coefficient (Wildman–Crippen LogP) is 1.01. The minimum absolute atomic E-state index is 0.156. The average Bonchev–Trinajstić information content (AvgIpc) is 2.92. The number of hydrogen-bond donors (Lipinski definition) is 0. The molecule has 0 aromatic carbocycles. The van der Waals surface area contributed by atoms with Crippen LogP contribution in [0, 0.1) is 5.92 Å². The molecule has 0 spiro atoms. The van der Waals surface area contributed by atoms with E-state index in [9.17, 15) is 4.79 Å². The van der Waals surface area contributed by atoms with E-state index >= 15 is 0 Å². The molecule has 0 aromatic heterocycles. The summed E-state index contributed by atoms with van der Waals surface area (Å²) in [5, 5.41) is 0. The summed E-state index contributed by atoms with van der Waals surface area (Å²) in [4.78, 5) is 16.8. The number of nitrogens with zero attached hydrogens (tertiary/aromatic N) is 2. The number of rotatable bonds is 5. The molecular formula is C14H26N2O2. The van der Waals surface area contributed by atoms with Gasteiger partial charge in [-0.2, -0.15) is 0 Å². The van der Waals surface area contributed by atoms with Gasteiger partial charge in [-0.1, -0.05) is 6.92 Å². The molecule has 0 radical (unpaired) electrons. The first-order chi connectivity index (χ1) is 8.70. The number of ketones is 1. The van der Waals surface area contributed by atoms with Gasteiger partial charge in [0.15, 0.2) is 5.78 Å². The fourth-order valence-corrected chi connectivity index (χ4v) is 2.97. The van der Waals surface area contributed by atoms with E-state index < -0.39 is 0 Å². The van der Waals surface area contributed by atoms with E-state index in [2.05, 4.69) is 23.8 Å². The highest BCUT2D eigenvalue weighted by Crippen LogP contribution is 2.18. The zero-order chi connectivity index (χ0) is 13.0. The van der Waals surface area contributed by atoms with Crippen molar-refractivity contribution >= 4 is 5.78 Å². The number of hydrogen-bond acceptors (Lipinski definition) is 4. The summed E-state index contributed by atoms with van der Waals surface area (Å²) in [6.07, 6.45) is 3.30. The van der Waals surface area contributed by atoms with Gasteiger partial charge in [0.1, 0.15) is 0 Å². The third kappa shape index (κ3) is 3.53. The first-order valence-electron chi connectivity index (χ1n) is 7.23. The van der Waals surface area contributed by atoms with Crippen LogP contribution in [-0.2, 0) is 9.53 Å². The Kier molecular flexibility index (Phi) is 5.15. The van der Waals surface area contributed by atoms with Gasteiger partial charge in [0.25, 0.3) is 0 Å². The van der Waals surface area contributed by atoms with Gasteiger partial charge in [0.2, 0.25) is 0 Å². The third-order valence-corrected chi connectivity index (χ3v) is 4.42. The quantitative estimate of drug-likeness (QED) is 0.733. The van der Waals surface area contributed by atoms with Crippen molar-refractivity contribution in [3.05, 3.63) is 0 Å². The molecule has 0 bridgehead atoms. The van der Waals surface area contributed by atoms with Crippen LogP contribution in [0.2, 0.25) is 0 Å². The van der Waals surface area contributed by atoms with E-state index in [1.54, 1.807) is 0 Å². The van der Waals surface area contributed by atoms with E-state index in [-0.39, 0.29) is 5.92 Å². The molecule has 4 nitrogen and oxygen atoms in total. The van der Waals surface area contributed by atoms with Gasteiger partial charge >= 0.3 is 0 Å². The van der Waals surface area contributed by atoms with Gasteiger partial charge in [0, 0.05) is 18.6 Å². The molecule has 2 aliphatic heterocycles. The predicted molar refractivity (Wildman–Crippen MR) is 71.7 cm³/mol. The monoisotopic (exact) mass is 254 g/mol. The summed E-state index contributed by atoms with van der Waals surface area (Å²) in [5.41, 5.74) is 0. The van der Waals surface area contributed by atoms with E-state index in [4.69, 9.17) is 4.74 Å². The molecule has 1 unspecified atom stereocenters. The van der Waals surface area contributed by atoms with E-state index in [1.165, 1.54) is 25.9 Å². The Morgan fingerprint density at radius 1 is 1.33 bits per heavy atom. The third-order valence-electron chi connectivity index (χ3n) is 4.42. The van der Waals surface area contributed by atoms with Crippen LogP contribution < -0.4 is 0 Å². The van der Waals surface area contributed by atoms with Crippen molar-refractivity contribution in [2.24, 2.45) is 5.92 Å². The van der Waals surface area contributed by atoms with Gasteiger partial charge in [-0.15, -0.1) is 0 Å². The molecule has 4 heteroatoms. The van der Waals surface area contributed by atoms with Gasteiger partial charge in [-0.25, -0.2) is 0 Å². The van der Waals surface area contributed by atoms with Crippen LogP contribution in [0.15, 0.2) is 0 Å². The second-order valence-corrected chi connectivity index (χ2v) is 5.61. The number of carbonyl (C=O) groups is 1. The highest BCUT2D eigenvalue weighted by Gasteiger charge is 2.27. The summed E-state index contributed by atoms with van der Waals surface area (Å²) in [6, 6.07) is 0.582. The Morgan fingerprint density at radius 2 is 2.06 bits per heavy atom. The molecule has 104 valence electrons. The van der Waals surface area contributed by atoms with Crippen molar-refractivity contribution in [3.63, 3.8) is 0 Å². The standard InChI is InChI=1S/C14H26N2O2/c1-3-16-7-4-13(5-8-16)15(2)10-14(17)12-6-9-18-11-12/h12-13H,3-11H2,1-2H3. The lowest BCUT2D eigenvalue weighted by Crippen LogP contribution is -2.45. The van der Waals surface area contributed by atoms with Crippen molar-refractivity contribution in [2.45, 2.75) is 32.2 Å². The van der Waals surface area contributed by atoms with Gasteiger partial charge in [-0.05, 0) is 45.9 Å². The van der Waals surface area contributed by atoms with E-state index in [0.29, 0.717) is 25.0 Å². The number of ether oxygens (including phenoxy) is 1. The smallest absolute Gasteiger partial charge is 0.152 e. The SMILES string of the molecule is CCN1CCC(N(C)CC(=O)C2CCOC2)CC1. The Bertz CT molecular complexity index is 269. The molecule has 2 heterocycles. The van der Waals surface area contributed by atoms with Crippen LogP contribution in [0.1, 0.15) is 26.2 Å². The summed E-state index contributed by atoms with van der Waals surface area (Å²) in [7, 11) is 2.10. The van der Waals surface area contributed by atoms with E-state index in [1.807, 2.05) is 0 Å². The van der Waals surface area contributed by atoms with Crippen molar-refractivity contribution in [3.8, 4) is 0 Å². The second kappa shape index (κ2) is 6.64. The van der Waals surface area contributed by atoms with Crippen molar-refractivity contribution < 1.29 is 9.53 Å².